The standard InChI is InChI=1S/C18H15FN2O/c19-16-15(12-11-13-7-3-1-4-8-13)20-17(21-18(16)22)14-9-5-2-6-10-14/h1-10H,11-12H2,(H,20,21,22). The van der Waals surface area contributed by atoms with E-state index in [0.717, 1.165) is 11.1 Å². The molecule has 4 heteroatoms. The van der Waals surface area contributed by atoms with Crippen LogP contribution in [0, 0.1) is 5.82 Å². The Kier molecular flexibility index (Phi) is 4.10. The molecule has 3 aromatic rings. The zero-order valence-corrected chi connectivity index (χ0v) is 11.9. The van der Waals surface area contributed by atoms with E-state index in [-0.39, 0.29) is 5.69 Å². The van der Waals surface area contributed by atoms with Gasteiger partial charge in [0.1, 0.15) is 5.82 Å². The highest BCUT2D eigenvalue weighted by Gasteiger charge is 2.12. The van der Waals surface area contributed by atoms with E-state index in [1.165, 1.54) is 0 Å². The maximum atomic E-state index is 14.0. The molecule has 0 aliphatic carbocycles. The van der Waals surface area contributed by atoms with E-state index < -0.39 is 11.4 Å². The summed E-state index contributed by atoms with van der Waals surface area (Å²) in [5, 5.41) is 0. The van der Waals surface area contributed by atoms with Gasteiger partial charge in [0.15, 0.2) is 0 Å². The zero-order chi connectivity index (χ0) is 15.4. The second-order valence-electron chi connectivity index (χ2n) is 5.03. The number of H-pyrrole nitrogens is 1. The van der Waals surface area contributed by atoms with E-state index >= 15 is 0 Å². The first-order valence-electron chi connectivity index (χ1n) is 7.12. The van der Waals surface area contributed by atoms with E-state index in [4.69, 9.17) is 0 Å². The van der Waals surface area contributed by atoms with Gasteiger partial charge in [-0.2, -0.15) is 4.39 Å². The predicted octanol–water partition coefficient (Wildman–Crippen LogP) is 3.36. The first kappa shape index (κ1) is 14.2. The molecule has 110 valence electrons. The van der Waals surface area contributed by atoms with Crippen LogP contribution in [0.15, 0.2) is 65.5 Å². The number of benzene rings is 2. The third-order valence-electron chi connectivity index (χ3n) is 3.47. The second kappa shape index (κ2) is 6.35. The maximum absolute atomic E-state index is 14.0. The van der Waals surface area contributed by atoms with Crippen LogP contribution in [-0.4, -0.2) is 9.97 Å². The molecule has 0 spiro atoms. The molecular weight excluding hydrogens is 279 g/mol. The third-order valence-corrected chi connectivity index (χ3v) is 3.47. The van der Waals surface area contributed by atoms with Gasteiger partial charge in [0.2, 0.25) is 5.82 Å². The number of hydrogen-bond donors (Lipinski definition) is 1. The predicted molar refractivity (Wildman–Crippen MR) is 84.1 cm³/mol. The Hall–Kier alpha value is -2.75. The van der Waals surface area contributed by atoms with Gasteiger partial charge < -0.3 is 4.98 Å². The number of aromatic amines is 1. The van der Waals surface area contributed by atoms with Crippen molar-refractivity contribution in [2.75, 3.05) is 0 Å². The summed E-state index contributed by atoms with van der Waals surface area (Å²) >= 11 is 0. The molecule has 0 amide bonds. The van der Waals surface area contributed by atoms with Crippen LogP contribution < -0.4 is 5.56 Å². The zero-order valence-electron chi connectivity index (χ0n) is 11.9. The minimum atomic E-state index is -0.796. The number of nitrogens with one attached hydrogen (secondary N) is 1. The summed E-state index contributed by atoms with van der Waals surface area (Å²) < 4.78 is 14.0. The van der Waals surface area contributed by atoms with E-state index in [1.54, 1.807) is 0 Å². The van der Waals surface area contributed by atoms with Gasteiger partial charge in [-0.15, -0.1) is 0 Å². The molecular formula is C18H15FN2O. The van der Waals surface area contributed by atoms with Crippen molar-refractivity contribution in [3.63, 3.8) is 0 Å². The van der Waals surface area contributed by atoms with E-state index in [2.05, 4.69) is 9.97 Å². The molecule has 0 aliphatic heterocycles. The fraction of sp³-hybridized carbons (Fsp3) is 0.111. The van der Waals surface area contributed by atoms with Crippen LogP contribution in [0.1, 0.15) is 11.3 Å². The van der Waals surface area contributed by atoms with Gasteiger partial charge in [-0.05, 0) is 18.4 Å². The van der Waals surface area contributed by atoms with Crippen molar-refractivity contribution in [1.82, 2.24) is 9.97 Å². The monoisotopic (exact) mass is 294 g/mol. The molecule has 2 aromatic carbocycles. The van der Waals surface area contributed by atoms with Crippen molar-refractivity contribution >= 4 is 0 Å². The van der Waals surface area contributed by atoms with Gasteiger partial charge >= 0.3 is 0 Å². The summed E-state index contributed by atoms with van der Waals surface area (Å²) in [7, 11) is 0. The average Bonchev–Trinajstić information content (AvgIpc) is 2.58. The lowest BCUT2D eigenvalue weighted by Crippen LogP contribution is -2.17. The molecule has 22 heavy (non-hydrogen) atoms. The molecule has 1 aromatic heterocycles. The van der Waals surface area contributed by atoms with Crippen molar-refractivity contribution in [1.29, 1.82) is 0 Å². The molecule has 0 saturated carbocycles. The fourth-order valence-corrected chi connectivity index (χ4v) is 2.31. The van der Waals surface area contributed by atoms with Crippen molar-refractivity contribution in [3.05, 3.63) is 88.1 Å². The van der Waals surface area contributed by atoms with Crippen LogP contribution >= 0.6 is 0 Å². The first-order valence-corrected chi connectivity index (χ1v) is 7.12. The Labute approximate surface area is 127 Å². The van der Waals surface area contributed by atoms with Crippen LogP contribution in [0.3, 0.4) is 0 Å². The largest absolute Gasteiger partial charge is 0.304 e. The lowest BCUT2D eigenvalue weighted by atomic mass is 10.1. The van der Waals surface area contributed by atoms with Gasteiger partial charge in [0, 0.05) is 5.56 Å². The van der Waals surface area contributed by atoms with Gasteiger partial charge in [0.05, 0.1) is 5.69 Å². The summed E-state index contributed by atoms with van der Waals surface area (Å²) in [6.45, 7) is 0. The Balaban J connectivity index is 1.91. The summed E-state index contributed by atoms with van der Waals surface area (Å²) in [4.78, 5) is 18.6. The van der Waals surface area contributed by atoms with Crippen LogP contribution in [0.25, 0.3) is 11.4 Å². The summed E-state index contributed by atoms with van der Waals surface area (Å²) in [6.07, 6.45) is 1.03. The summed E-state index contributed by atoms with van der Waals surface area (Å²) in [5.74, 6) is -0.398. The van der Waals surface area contributed by atoms with E-state index in [9.17, 15) is 9.18 Å². The smallest absolute Gasteiger partial charge is 0.287 e. The summed E-state index contributed by atoms with van der Waals surface area (Å²) in [6, 6.07) is 19.0. The number of rotatable bonds is 4. The quantitative estimate of drug-likeness (QED) is 0.802. The second-order valence-corrected chi connectivity index (χ2v) is 5.03. The summed E-state index contributed by atoms with van der Waals surface area (Å²) in [5.41, 5.74) is 1.33. The number of aromatic nitrogens is 2. The Morgan fingerprint density at radius 3 is 2.23 bits per heavy atom. The highest BCUT2D eigenvalue weighted by atomic mass is 19.1. The lowest BCUT2D eigenvalue weighted by Gasteiger charge is -2.06. The van der Waals surface area contributed by atoms with Crippen LogP contribution in [0.2, 0.25) is 0 Å². The topological polar surface area (TPSA) is 45.8 Å². The molecule has 0 atom stereocenters. The minimum Gasteiger partial charge on any atom is -0.304 e. The fourth-order valence-electron chi connectivity index (χ4n) is 2.31. The van der Waals surface area contributed by atoms with Crippen LogP contribution in [0.5, 0.6) is 0 Å². The average molecular weight is 294 g/mol. The van der Waals surface area contributed by atoms with Crippen LogP contribution in [0.4, 0.5) is 4.39 Å². The molecule has 0 radical (unpaired) electrons. The Morgan fingerprint density at radius 2 is 1.55 bits per heavy atom. The number of hydrogen-bond acceptors (Lipinski definition) is 2. The minimum absolute atomic E-state index is 0.200. The van der Waals surface area contributed by atoms with Gasteiger partial charge in [-0.3, -0.25) is 4.79 Å². The third kappa shape index (κ3) is 3.11. The van der Waals surface area contributed by atoms with Gasteiger partial charge in [-0.25, -0.2) is 4.98 Å². The van der Waals surface area contributed by atoms with E-state index in [1.807, 2.05) is 60.7 Å². The van der Waals surface area contributed by atoms with Gasteiger partial charge in [-0.1, -0.05) is 60.7 Å². The van der Waals surface area contributed by atoms with E-state index in [0.29, 0.717) is 18.7 Å². The molecule has 1 heterocycles. The molecule has 1 N–H and O–H groups in total. The van der Waals surface area contributed by atoms with Gasteiger partial charge in [0.25, 0.3) is 5.56 Å². The highest BCUT2D eigenvalue weighted by Crippen LogP contribution is 2.15. The molecule has 0 fully saturated rings. The molecule has 3 nitrogen and oxygen atoms in total. The maximum Gasteiger partial charge on any atom is 0.287 e. The molecule has 0 unspecified atom stereocenters. The molecule has 0 saturated heterocycles. The first-order chi connectivity index (χ1) is 10.7. The van der Waals surface area contributed by atoms with Crippen molar-refractivity contribution in [3.8, 4) is 11.4 Å². The van der Waals surface area contributed by atoms with Crippen molar-refractivity contribution in [2.45, 2.75) is 12.8 Å². The van der Waals surface area contributed by atoms with Crippen LogP contribution in [-0.2, 0) is 12.8 Å². The number of halogens is 1. The molecule has 3 rings (SSSR count). The Bertz CT molecular complexity index is 813. The van der Waals surface area contributed by atoms with Crippen molar-refractivity contribution < 1.29 is 4.39 Å². The lowest BCUT2D eigenvalue weighted by molar-refractivity contribution is 0.577. The van der Waals surface area contributed by atoms with Crippen molar-refractivity contribution in [2.24, 2.45) is 0 Å². The number of aryl methyl sites for hydroxylation is 2. The normalized spacial score (nSPS) is 10.6. The highest BCUT2D eigenvalue weighted by molar-refractivity contribution is 5.54. The molecule has 0 bridgehead atoms. The Morgan fingerprint density at radius 1 is 0.909 bits per heavy atom. The number of nitrogens with zero attached hydrogens (tertiary/aromatic N) is 1. The SMILES string of the molecule is O=c1[nH]c(-c2ccccc2)nc(CCc2ccccc2)c1F. The molecule has 0 aliphatic rings.